The Morgan fingerprint density at radius 3 is 2.95 bits per heavy atom. The van der Waals surface area contributed by atoms with Gasteiger partial charge >= 0.3 is 0 Å². The first-order chi connectivity index (χ1) is 9.65. The zero-order chi connectivity index (χ0) is 14.5. The SMILES string of the molecule is CCc1nnsc1C(=O)N(C)Cc1cccc(OC)c1. The van der Waals surface area contributed by atoms with Crippen molar-refractivity contribution in [3.63, 3.8) is 0 Å². The van der Waals surface area contributed by atoms with Gasteiger partial charge in [-0.2, -0.15) is 0 Å². The van der Waals surface area contributed by atoms with E-state index in [1.165, 1.54) is 0 Å². The normalized spacial score (nSPS) is 10.3. The highest BCUT2D eigenvalue weighted by Gasteiger charge is 2.19. The first-order valence-corrected chi connectivity index (χ1v) is 7.12. The van der Waals surface area contributed by atoms with Gasteiger partial charge in [-0.1, -0.05) is 23.5 Å². The second-order valence-corrected chi connectivity index (χ2v) is 5.17. The van der Waals surface area contributed by atoms with Gasteiger partial charge in [0.05, 0.1) is 12.8 Å². The molecule has 0 unspecified atom stereocenters. The van der Waals surface area contributed by atoms with Crippen LogP contribution in [0.5, 0.6) is 5.75 Å². The van der Waals surface area contributed by atoms with Gasteiger partial charge in [0.15, 0.2) is 0 Å². The van der Waals surface area contributed by atoms with E-state index in [0.29, 0.717) is 17.8 Å². The van der Waals surface area contributed by atoms with Crippen LogP contribution in [0.3, 0.4) is 0 Å². The molecule has 0 aliphatic rings. The topological polar surface area (TPSA) is 55.3 Å². The number of ether oxygens (including phenoxy) is 1. The van der Waals surface area contributed by atoms with Crippen molar-refractivity contribution in [1.82, 2.24) is 14.5 Å². The zero-order valence-corrected chi connectivity index (χ0v) is 12.6. The summed E-state index contributed by atoms with van der Waals surface area (Å²) in [5, 5.41) is 3.97. The number of benzene rings is 1. The minimum Gasteiger partial charge on any atom is -0.497 e. The Morgan fingerprint density at radius 2 is 2.25 bits per heavy atom. The Bertz CT molecular complexity index is 598. The molecule has 0 saturated carbocycles. The highest BCUT2D eigenvalue weighted by atomic mass is 32.1. The highest BCUT2D eigenvalue weighted by Crippen LogP contribution is 2.17. The summed E-state index contributed by atoms with van der Waals surface area (Å²) in [6.07, 6.45) is 0.713. The van der Waals surface area contributed by atoms with Crippen LogP contribution >= 0.6 is 11.5 Å². The number of aromatic nitrogens is 2. The molecule has 0 N–H and O–H groups in total. The molecule has 0 aliphatic carbocycles. The molecular weight excluding hydrogens is 274 g/mol. The van der Waals surface area contributed by atoms with Crippen molar-refractivity contribution < 1.29 is 9.53 Å². The molecule has 2 aromatic rings. The smallest absolute Gasteiger partial charge is 0.267 e. The molecule has 0 saturated heterocycles. The summed E-state index contributed by atoms with van der Waals surface area (Å²) in [5.41, 5.74) is 1.79. The van der Waals surface area contributed by atoms with Crippen molar-refractivity contribution in [2.75, 3.05) is 14.2 Å². The van der Waals surface area contributed by atoms with Crippen LogP contribution in [0.2, 0.25) is 0 Å². The van der Waals surface area contributed by atoms with E-state index in [4.69, 9.17) is 4.74 Å². The van der Waals surface area contributed by atoms with Gasteiger partial charge in [0.2, 0.25) is 0 Å². The van der Waals surface area contributed by atoms with Crippen LogP contribution in [0.4, 0.5) is 0 Å². The Labute approximate surface area is 122 Å². The summed E-state index contributed by atoms with van der Waals surface area (Å²) < 4.78 is 9.04. The summed E-state index contributed by atoms with van der Waals surface area (Å²) >= 11 is 1.15. The summed E-state index contributed by atoms with van der Waals surface area (Å²) in [6.45, 7) is 2.49. The van der Waals surface area contributed by atoms with Crippen molar-refractivity contribution in [1.29, 1.82) is 0 Å². The lowest BCUT2D eigenvalue weighted by molar-refractivity contribution is 0.0788. The molecule has 0 fully saturated rings. The Kier molecular flexibility index (Phi) is 4.68. The fraction of sp³-hybridized carbons (Fsp3) is 0.357. The lowest BCUT2D eigenvalue weighted by Gasteiger charge is -2.17. The van der Waals surface area contributed by atoms with Gasteiger partial charge in [-0.25, -0.2) is 0 Å². The molecule has 0 spiro atoms. The van der Waals surface area contributed by atoms with E-state index in [-0.39, 0.29) is 5.91 Å². The molecule has 2 rings (SSSR count). The van der Waals surface area contributed by atoms with E-state index in [1.54, 1.807) is 19.1 Å². The number of rotatable bonds is 5. The number of carbonyl (C=O) groups is 1. The number of aryl methyl sites for hydroxylation is 1. The molecular formula is C14H17N3O2S. The summed E-state index contributed by atoms with van der Waals surface area (Å²) in [4.78, 5) is 14.7. The average molecular weight is 291 g/mol. The van der Waals surface area contributed by atoms with Crippen LogP contribution in [-0.2, 0) is 13.0 Å². The van der Waals surface area contributed by atoms with Crippen LogP contribution < -0.4 is 4.74 Å². The minimum atomic E-state index is -0.0420. The van der Waals surface area contributed by atoms with Crippen molar-refractivity contribution in [2.45, 2.75) is 19.9 Å². The number of hydrogen-bond acceptors (Lipinski definition) is 5. The average Bonchev–Trinajstić information content (AvgIpc) is 2.95. The maximum absolute atomic E-state index is 12.4. The van der Waals surface area contributed by atoms with Crippen LogP contribution in [-0.4, -0.2) is 34.6 Å². The van der Waals surface area contributed by atoms with Crippen molar-refractivity contribution in [3.8, 4) is 5.75 Å². The number of nitrogens with zero attached hydrogens (tertiary/aromatic N) is 3. The minimum absolute atomic E-state index is 0.0420. The Morgan fingerprint density at radius 1 is 1.45 bits per heavy atom. The molecule has 5 nitrogen and oxygen atoms in total. The molecule has 1 heterocycles. The van der Waals surface area contributed by atoms with E-state index in [9.17, 15) is 4.79 Å². The van der Waals surface area contributed by atoms with E-state index in [0.717, 1.165) is 28.5 Å². The molecule has 1 aromatic carbocycles. The van der Waals surface area contributed by atoms with E-state index >= 15 is 0 Å². The Hall–Kier alpha value is -1.95. The second-order valence-electron chi connectivity index (χ2n) is 4.42. The molecule has 106 valence electrons. The standard InChI is InChI=1S/C14H17N3O2S/c1-4-12-13(20-16-15-12)14(18)17(2)9-10-6-5-7-11(8-10)19-3/h5-8H,4,9H2,1-3H3. The third kappa shape index (κ3) is 3.14. The van der Waals surface area contributed by atoms with Crippen molar-refractivity contribution >= 4 is 17.4 Å². The first kappa shape index (κ1) is 14.5. The number of methoxy groups -OCH3 is 1. The summed E-state index contributed by atoms with van der Waals surface area (Å²) in [5.74, 6) is 0.747. The van der Waals surface area contributed by atoms with Crippen molar-refractivity contribution in [3.05, 3.63) is 40.4 Å². The fourth-order valence-electron chi connectivity index (χ4n) is 1.89. The van der Waals surface area contributed by atoms with Crippen LogP contribution in [0.1, 0.15) is 27.9 Å². The third-order valence-electron chi connectivity index (χ3n) is 2.99. The lowest BCUT2D eigenvalue weighted by Crippen LogP contribution is -2.26. The van der Waals surface area contributed by atoms with Gasteiger partial charge in [0.1, 0.15) is 10.6 Å². The zero-order valence-electron chi connectivity index (χ0n) is 11.8. The van der Waals surface area contributed by atoms with Gasteiger partial charge < -0.3 is 9.64 Å². The molecule has 0 atom stereocenters. The highest BCUT2D eigenvalue weighted by molar-refractivity contribution is 7.07. The molecule has 20 heavy (non-hydrogen) atoms. The number of carbonyl (C=O) groups excluding carboxylic acids is 1. The second kappa shape index (κ2) is 6.47. The monoisotopic (exact) mass is 291 g/mol. The molecule has 1 amide bonds. The van der Waals surface area contributed by atoms with Crippen LogP contribution in [0.15, 0.2) is 24.3 Å². The van der Waals surface area contributed by atoms with Crippen LogP contribution in [0, 0.1) is 0 Å². The fourth-order valence-corrected chi connectivity index (χ4v) is 2.64. The van der Waals surface area contributed by atoms with Gasteiger partial charge in [0.25, 0.3) is 5.91 Å². The Balaban J connectivity index is 2.11. The van der Waals surface area contributed by atoms with Crippen molar-refractivity contribution in [2.24, 2.45) is 0 Å². The maximum atomic E-state index is 12.4. The maximum Gasteiger partial charge on any atom is 0.267 e. The molecule has 6 heteroatoms. The lowest BCUT2D eigenvalue weighted by atomic mass is 10.2. The largest absolute Gasteiger partial charge is 0.497 e. The predicted molar refractivity (Wildman–Crippen MR) is 78.1 cm³/mol. The molecule has 0 radical (unpaired) electrons. The number of amides is 1. The van der Waals surface area contributed by atoms with Gasteiger partial charge in [-0.05, 0) is 35.6 Å². The predicted octanol–water partition coefficient (Wildman–Crippen LogP) is 2.38. The van der Waals surface area contributed by atoms with E-state index in [1.807, 2.05) is 31.2 Å². The molecule has 0 bridgehead atoms. The summed E-state index contributed by atoms with van der Waals surface area (Å²) in [7, 11) is 3.41. The third-order valence-corrected chi connectivity index (χ3v) is 3.74. The van der Waals surface area contributed by atoms with Gasteiger partial charge in [-0.15, -0.1) is 5.10 Å². The van der Waals surface area contributed by atoms with E-state index in [2.05, 4.69) is 9.59 Å². The molecule has 0 aliphatic heterocycles. The van der Waals surface area contributed by atoms with Crippen LogP contribution in [0.25, 0.3) is 0 Å². The molecule has 1 aromatic heterocycles. The number of hydrogen-bond donors (Lipinski definition) is 0. The quantitative estimate of drug-likeness (QED) is 0.848. The summed E-state index contributed by atoms with van der Waals surface area (Å²) in [6, 6.07) is 7.69. The first-order valence-electron chi connectivity index (χ1n) is 6.35. The van der Waals surface area contributed by atoms with Gasteiger partial charge in [0, 0.05) is 13.6 Å². The van der Waals surface area contributed by atoms with E-state index < -0.39 is 0 Å². The van der Waals surface area contributed by atoms with Gasteiger partial charge in [-0.3, -0.25) is 4.79 Å².